The standard InChI is InChI=1S/C14H16O4S/c1-10(19(15,16)17)7-11-3-4-13-9-14(18-2)6-5-12(13)8-11/h3-6,8-10H,7H2,1-2H3,(H,15,16,17). The van der Waals surface area contributed by atoms with E-state index in [9.17, 15) is 8.42 Å². The summed E-state index contributed by atoms with van der Waals surface area (Å²) >= 11 is 0. The highest BCUT2D eigenvalue weighted by atomic mass is 32.2. The summed E-state index contributed by atoms with van der Waals surface area (Å²) in [7, 11) is -2.37. The van der Waals surface area contributed by atoms with Crippen molar-refractivity contribution in [1.82, 2.24) is 0 Å². The van der Waals surface area contributed by atoms with E-state index in [2.05, 4.69) is 0 Å². The van der Waals surface area contributed by atoms with Gasteiger partial charge in [-0.15, -0.1) is 0 Å². The Labute approximate surface area is 112 Å². The zero-order valence-corrected chi connectivity index (χ0v) is 11.6. The molecule has 0 fully saturated rings. The number of methoxy groups -OCH3 is 1. The highest BCUT2D eigenvalue weighted by Crippen LogP contribution is 2.22. The van der Waals surface area contributed by atoms with Crippen LogP contribution in [0.3, 0.4) is 0 Å². The van der Waals surface area contributed by atoms with Crippen LogP contribution in [-0.4, -0.2) is 25.3 Å². The SMILES string of the molecule is COc1ccc2cc(CC(C)S(=O)(=O)O)ccc2c1. The molecule has 0 aliphatic rings. The van der Waals surface area contributed by atoms with E-state index >= 15 is 0 Å². The molecule has 4 nitrogen and oxygen atoms in total. The molecule has 0 radical (unpaired) electrons. The second-order valence-electron chi connectivity index (χ2n) is 4.58. The Balaban J connectivity index is 2.32. The van der Waals surface area contributed by atoms with Crippen LogP contribution < -0.4 is 4.74 Å². The van der Waals surface area contributed by atoms with Crippen LogP contribution in [0.5, 0.6) is 5.75 Å². The summed E-state index contributed by atoms with van der Waals surface area (Å²) in [4.78, 5) is 0. The molecule has 2 rings (SSSR count). The fraction of sp³-hybridized carbons (Fsp3) is 0.286. The van der Waals surface area contributed by atoms with Crippen molar-refractivity contribution >= 4 is 20.9 Å². The molecule has 0 bridgehead atoms. The van der Waals surface area contributed by atoms with Crippen molar-refractivity contribution in [1.29, 1.82) is 0 Å². The van der Waals surface area contributed by atoms with Crippen molar-refractivity contribution < 1.29 is 17.7 Å². The summed E-state index contributed by atoms with van der Waals surface area (Å²) in [6.45, 7) is 1.49. The molecule has 1 atom stereocenters. The second kappa shape index (κ2) is 5.19. The molecule has 0 amide bonds. The van der Waals surface area contributed by atoms with E-state index < -0.39 is 15.4 Å². The minimum atomic E-state index is -3.98. The normalized spacial score (nSPS) is 13.4. The maximum absolute atomic E-state index is 11.0. The van der Waals surface area contributed by atoms with E-state index in [-0.39, 0.29) is 0 Å². The highest BCUT2D eigenvalue weighted by Gasteiger charge is 2.17. The van der Waals surface area contributed by atoms with Crippen LogP contribution in [0.4, 0.5) is 0 Å². The van der Waals surface area contributed by atoms with E-state index in [1.807, 2.05) is 36.4 Å². The van der Waals surface area contributed by atoms with Crippen molar-refractivity contribution in [2.75, 3.05) is 7.11 Å². The summed E-state index contributed by atoms with van der Waals surface area (Å²) in [5.41, 5.74) is 0.878. The van der Waals surface area contributed by atoms with Gasteiger partial charge in [-0.3, -0.25) is 4.55 Å². The third-order valence-electron chi connectivity index (χ3n) is 3.14. The molecule has 1 unspecified atom stereocenters. The monoisotopic (exact) mass is 280 g/mol. The highest BCUT2D eigenvalue weighted by molar-refractivity contribution is 7.86. The van der Waals surface area contributed by atoms with Gasteiger partial charge in [0.1, 0.15) is 5.75 Å². The van der Waals surface area contributed by atoms with E-state index in [1.165, 1.54) is 6.92 Å². The summed E-state index contributed by atoms with van der Waals surface area (Å²) in [6.07, 6.45) is 0.292. The third-order valence-corrected chi connectivity index (χ3v) is 4.33. The number of hydrogen-bond acceptors (Lipinski definition) is 3. The van der Waals surface area contributed by atoms with Crippen molar-refractivity contribution in [2.24, 2.45) is 0 Å². The van der Waals surface area contributed by atoms with Gasteiger partial charge in [0.25, 0.3) is 10.1 Å². The minimum absolute atomic E-state index is 0.292. The van der Waals surface area contributed by atoms with Gasteiger partial charge in [0, 0.05) is 0 Å². The first-order valence-corrected chi connectivity index (χ1v) is 7.43. The molecule has 1 N–H and O–H groups in total. The number of rotatable bonds is 4. The van der Waals surface area contributed by atoms with E-state index in [0.29, 0.717) is 6.42 Å². The summed E-state index contributed by atoms with van der Waals surface area (Å²) in [5.74, 6) is 0.784. The molecule has 0 spiro atoms. The molecule has 0 saturated carbocycles. The lowest BCUT2D eigenvalue weighted by molar-refractivity contribution is 0.415. The Morgan fingerprint density at radius 2 is 1.79 bits per heavy atom. The lowest BCUT2D eigenvalue weighted by Gasteiger charge is -2.09. The van der Waals surface area contributed by atoms with Crippen molar-refractivity contribution in [3.8, 4) is 5.75 Å². The van der Waals surface area contributed by atoms with Crippen LogP contribution in [0.15, 0.2) is 36.4 Å². The van der Waals surface area contributed by atoms with Gasteiger partial charge < -0.3 is 4.74 Å². The third kappa shape index (κ3) is 3.24. The van der Waals surface area contributed by atoms with E-state index in [1.54, 1.807) is 7.11 Å². The maximum Gasteiger partial charge on any atom is 0.267 e. The van der Waals surface area contributed by atoms with Gasteiger partial charge in [-0.2, -0.15) is 8.42 Å². The number of fused-ring (bicyclic) bond motifs is 1. The fourth-order valence-electron chi connectivity index (χ4n) is 1.96. The quantitative estimate of drug-likeness (QED) is 0.875. The lowest BCUT2D eigenvalue weighted by atomic mass is 10.0. The second-order valence-corrected chi connectivity index (χ2v) is 6.41. The molecule has 2 aromatic carbocycles. The van der Waals surface area contributed by atoms with Gasteiger partial charge in [0.05, 0.1) is 12.4 Å². The Morgan fingerprint density at radius 1 is 1.16 bits per heavy atom. The molecule has 2 aromatic rings. The number of ether oxygens (including phenoxy) is 1. The zero-order chi connectivity index (χ0) is 14.0. The molecule has 0 aromatic heterocycles. The van der Waals surface area contributed by atoms with Gasteiger partial charge in [-0.05, 0) is 41.8 Å². The van der Waals surface area contributed by atoms with Gasteiger partial charge in [-0.25, -0.2) is 0 Å². The summed E-state index contributed by atoms with van der Waals surface area (Å²) < 4.78 is 36.2. The Hall–Kier alpha value is -1.59. The number of hydrogen-bond donors (Lipinski definition) is 1. The molecule has 0 aliphatic heterocycles. The molecule has 19 heavy (non-hydrogen) atoms. The average molecular weight is 280 g/mol. The average Bonchev–Trinajstić information content (AvgIpc) is 2.37. The van der Waals surface area contributed by atoms with Crippen molar-refractivity contribution in [2.45, 2.75) is 18.6 Å². The predicted octanol–water partition coefficient (Wildman–Crippen LogP) is 2.67. The van der Waals surface area contributed by atoms with Crippen LogP contribution in [0, 0.1) is 0 Å². The Morgan fingerprint density at radius 3 is 2.42 bits per heavy atom. The molecular weight excluding hydrogens is 264 g/mol. The smallest absolute Gasteiger partial charge is 0.267 e. The van der Waals surface area contributed by atoms with Gasteiger partial charge in [-0.1, -0.05) is 24.3 Å². The molecule has 0 aliphatic carbocycles. The minimum Gasteiger partial charge on any atom is -0.497 e. The Bertz CT molecular complexity index is 692. The first kappa shape index (κ1) is 13.8. The topological polar surface area (TPSA) is 63.6 Å². The molecule has 0 saturated heterocycles. The Kier molecular flexibility index (Phi) is 3.78. The van der Waals surface area contributed by atoms with Crippen LogP contribution in [0.25, 0.3) is 10.8 Å². The van der Waals surface area contributed by atoms with Crippen LogP contribution in [-0.2, 0) is 16.5 Å². The van der Waals surface area contributed by atoms with Crippen LogP contribution in [0.1, 0.15) is 12.5 Å². The summed E-state index contributed by atoms with van der Waals surface area (Å²) in [5, 5.41) is 1.24. The summed E-state index contributed by atoms with van der Waals surface area (Å²) in [6, 6.07) is 11.4. The van der Waals surface area contributed by atoms with Crippen LogP contribution >= 0.6 is 0 Å². The van der Waals surface area contributed by atoms with Gasteiger partial charge >= 0.3 is 0 Å². The van der Waals surface area contributed by atoms with Crippen molar-refractivity contribution in [3.05, 3.63) is 42.0 Å². The number of benzene rings is 2. The largest absolute Gasteiger partial charge is 0.497 e. The van der Waals surface area contributed by atoms with Gasteiger partial charge in [0.2, 0.25) is 0 Å². The zero-order valence-electron chi connectivity index (χ0n) is 10.8. The lowest BCUT2D eigenvalue weighted by Crippen LogP contribution is -2.19. The van der Waals surface area contributed by atoms with E-state index in [4.69, 9.17) is 9.29 Å². The first-order chi connectivity index (χ1) is 8.90. The van der Waals surface area contributed by atoms with E-state index in [0.717, 1.165) is 22.1 Å². The van der Waals surface area contributed by atoms with Gasteiger partial charge in [0.15, 0.2) is 0 Å². The van der Waals surface area contributed by atoms with Crippen LogP contribution in [0.2, 0.25) is 0 Å². The molecule has 102 valence electrons. The first-order valence-electron chi connectivity index (χ1n) is 5.93. The fourth-order valence-corrected chi connectivity index (χ4v) is 2.37. The van der Waals surface area contributed by atoms with Crippen molar-refractivity contribution in [3.63, 3.8) is 0 Å². The molecule has 0 heterocycles. The predicted molar refractivity (Wildman–Crippen MR) is 75.2 cm³/mol. The molecule has 5 heteroatoms. The molecular formula is C14H16O4S. The maximum atomic E-state index is 11.0.